The van der Waals surface area contributed by atoms with Crippen LogP contribution in [0.1, 0.15) is 33.6 Å². The molecule has 0 aliphatic carbocycles. The lowest BCUT2D eigenvalue weighted by Gasteiger charge is -2.33. The van der Waals surface area contributed by atoms with Gasteiger partial charge in [0, 0.05) is 24.0 Å². The van der Waals surface area contributed by atoms with E-state index in [1.807, 2.05) is 45.0 Å². The summed E-state index contributed by atoms with van der Waals surface area (Å²) >= 11 is 7.52. The Morgan fingerprint density at radius 2 is 1.92 bits per heavy atom. The first-order valence-electron chi connectivity index (χ1n) is 8.39. The number of ether oxygens (including phenoxy) is 1. The number of carbonyl (C=O) groups excluding carboxylic acids is 2. The van der Waals surface area contributed by atoms with Gasteiger partial charge in [-0.2, -0.15) is 0 Å². The van der Waals surface area contributed by atoms with Gasteiger partial charge < -0.3 is 15.0 Å². The molecule has 0 unspecified atom stereocenters. The van der Waals surface area contributed by atoms with Crippen LogP contribution >= 0.6 is 23.4 Å². The summed E-state index contributed by atoms with van der Waals surface area (Å²) in [5.74, 6) is 0.316. The molecule has 7 heteroatoms. The maximum atomic E-state index is 12.1. The first-order valence-corrected chi connectivity index (χ1v) is 9.75. The Morgan fingerprint density at radius 3 is 2.52 bits per heavy atom. The highest BCUT2D eigenvalue weighted by atomic mass is 35.5. The third-order valence-corrected chi connectivity index (χ3v) is 5.22. The summed E-state index contributed by atoms with van der Waals surface area (Å²) in [7, 11) is 0. The zero-order valence-corrected chi connectivity index (χ0v) is 16.5. The summed E-state index contributed by atoms with van der Waals surface area (Å²) in [5.41, 5.74) is -0.488. The Labute approximate surface area is 158 Å². The summed E-state index contributed by atoms with van der Waals surface area (Å²) in [4.78, 5) is 26.8. The minimum atomic E-state index is -0.488. The number of nitrogens with one attached hydrogen (secondary N) is 1. The molecule has 2 amide bonds. The smallest absolute Gasteiger partial charge is 0.410 e. The summed E-state index contributed by atoms with van der Waals surface area (Å²) in [6, 6.07) is 7.58. The standard InChI is InChI=1S/C18H25ClN2O3S/c1-18(2,3)24-17(23)21-10-8-13(9-11-21)20-16(22)12-25-15-7-5-4-6-14(15)19/h4-7,13H,8-12H2,1-3H3,(H,20,22). The average Bonchev–Trinajstić information content (AvgIpc) is 2.53. The summed E-state index contributed by atoms with van der Waals surface area (Å²) in [6.45, 7) is 6.76. The lowest BCUT2D eigenvalue weighted by molar-refractivity contribution is -0.119. The van der Waals surface area contributed by atoms with E-state index in [0.29, 0.717) is 23.9 Å². The number of hydrogen-bond acceptors (Lipinski definition) is 4. The molecule has 1 heterocycles. The molecule has 0 saturated carbocycles. The molecule has 1 aliphatic rings. The minimum Gasteiger partial charge on any atom is -0.444 e. The van der Waals surface area contributed by atoms with Crippen molar-refractivity contribution in [2.45, 2.75) is 50.2 Å². The number of piperidine rings is 1. The zero-order valence-electron chi connectivity index (χ0n) is 14.9. The van der Waals surface area contributed by atoms with Gasteiger partial charge in [-0.15, -0.1) is 11.8 Å². The number of likely N-dealkylation sites (tertiary alicyclic amines) is 1. The number of carbonyl (C=O) groups is 2. The molecule has 1 N–H and O–H groups in total. The van der Waals surface area contributed by atoms with Crippen molar-refractivity contribution in [2.75, 3.05) is 18.8 Å². The van der Waals surface area contributed by atoms with Gasteiger partial charge in [0.2, 0.25) is 5.91 Å². The number of amides is 2. The van der Waals surface area contributed by atoms with Crippen molar-refractivity contribution in [3.05, 3.63) is 29.3 Å². The van der Waals surface area contributed by atoms with E-state index in [1.165, 1.54) is 11.8 Å². The third-order valence-electron chi connectivity index (χ3n) is 3.71. The molecule has 0 radical (unpaired) electrons. The highest BCUT2D eigenvalue weighted by molar-refractivity contribution is 8.00. The fourth-order valence-corrected chi connectivity index (χ4v) is 3.56. The fraction of sp³-hybridized carbons (Fsp3) is 0.556. The van der Waals surface area contributed by atoms with E-state index in [0.717, 1.165) is 17.7 Å². The molecular formula is C18H25ClN2O3S. The van der Waals surface area contributed by atoms with Crippen molar-refractivity contribution in [2.24, 2.45) is 0 Å². The van der Waals surface area contributed by atoms with E-state index in [1.54, 1.807) is 4.90 Å². The fourth-order valence-electron chi connectivity index (χ4n) is 2.51. The number of rotatable bonds is 4. The Bertz CT molecular complexity index is 611. The monoisotopic (exact) mass is 384 g/mol. The Balaban J connectivity index is 1.72. The van der Waals surface area contributed by atoms with Crippen molar-refractivity contribution >= 4 is 35.4 Å². The second-order valence-electron chi connectivity index (χ2n) is 7.03. The predicted molar refractivity (Wildman–Crippen MR) is 101 cm³/mol. The number of halogens is 1. The molecule has 1 aromatic carbocycles. The van der Waals surface area contributed by atoms with Gasteiger partial charge in [0.05, 0.1) is 10.8 Å². The lowest BCUT2D eigenvalue weighted by atomic mass is 10.1. The minimum absolute atomic E-state index is 0.0133. The SMILES string of the molecule is CC(C)(C)OC(=O)N1CCC(NC(=O)CSc2ccccc2Cl)CC1. The van der Waals surface area contributed by atoms with Crippen LogP contribution in [0.25, 0.3) is 0 Å². The van der Waals surface area contributed by atoms with Gasteiger partial charge in [-0.25, -0.2) is 4.79 Å². The molecule has 138 valence electrons. The van der Waals surface area contributed by atoms with Gasteiger partial charge in [-0.1, -0.05) is 23.7 Å². The van der Waals surface area contributed by atoms with E-state index in [-0.39, 0.29) is 18.0 Å². The summed E-state index contributed by atoms with van der Waals surface area (Å²) in [5, 5.41) is 3.69. The van der Waals surface area contributed by atoms with E-state index in [4.69, 9.17) is 16.3 Å². The second-order valence-corrected chi connectivity index (χ2v) is 8.45. The van der Waals surface area contributed by atoms with Crippen molar-refractivity contribution in [1.82, 2.24) is 10.2 Å². The van der Waals surface area contributed by atoms with Gasteiger partial charge in [0.1, 0.15) is 5.60 Å². The van der Waals surface area contributed by atoms with E-state index in [2.05, 4.69) is 5.32 Å². The summed E-state index contributed by atoms with van der Waals surface area (Å²) in [6.07, 6.45) is 1.19. The zero-order chi connectivity index (χ0) is 18.4. The normalized spacial score (nSPS) is 15.8. The largest absolute Gasteiger partial charge is 0.444 e. The maximum absolute atomic E-state index is 12.1. The molecule has 2 rings (SSSR count). The molecule has 0 spiro atoms. The first kappa shape index (κ1) is 19.9. The highest BCUT2D eigenvalue weighted by Gasteiger charge is 2.27. The molecule has 1 aromatic rings. The maximum Gasteiger partial charge on any atom is 0.410 e. The molecule has 5 nitrogen and oxygen atoms in total. The Hall–Kier alpha value is -1.40. The van der Waals surface area contributed by atoms with Crippen LogP contribution in [0.3, 0.4) is 0 Å². The molecule has 1 saturated heterocycles. The quantitative estimate of drug-likeness (QED) is 0.798. The van der Waals surface area contributed by atoms with Crippen molar-refractivity contribution < 1.29 is 14.3 Å². The van der Waals surface area contributed by atoms with Crippen LogP contribution in [0.4, 0.5) is 4.79 Å². The van der Waals surface area contributed by atoms with Crippen molar-refractivity contribution in [3.63, 3.8) is 0 Å². The average molecular weight is 385 g/mol. The van der Waals surface area contributed by atoms with Crippen molar-refractivity contribution in [3.8, 4) is 0 Å². The van der Waals surface area contributed by atoms with Crippen LogP contribution in [0.5, 0.6) is 0 Å². The molecule has 0 aromatic heterocycles. The van der Waals surface area contributed by atoms with Crippen LogP contribution in [0.2, 0.25) is 5.02 Å². The van der Waals surface area contributed by atoms with Crippen LogP contribution in [-0.4, -0.2) is 47.4 Å². The van der Waals surface area contributed by atoms with E-state index in [9.17, 15) is 9.59 Å². The molecular weight excluding hydrogens is 360 g/mol. The van der Waals surface area contributed by atoms with Gasteiger partial charge in [-0.3, -0.25) is 4.79 Å². The van der Waals surface area contributed by atoms with E-state index < -0.39 is 5.60 Å². The van der Waals surface area contributed by atoms with Gasteiger partial charge >= 0.3 is 6.09 Å². The van der Waals surface area contributed by atoms with Crippen LogP contribution in [0, 0.1) is 0 Å². The molecule has 1 fully saturated rings. The lowest BCUT2D eigenvalue weighted by Crippen LogP contribution is -2.48. The van der Waals surface area contributed by atoms with Crippen LogP contribution < -0.4 is 5.32 Å². The van der Waals surface area contributed by atoms with E-state index >= 15 is 0 Å². The predicted octanol–water partition coefficient (Wildman–Crippen LogP) is 3.95. The highest BCUT2D eigenvalue weighted by Crippen LogP contribution is 2.26. The molecule has 0 atom stereocenters. The number of benzene rings is 1. The number of hydrogen-bond donors (Lipinski definition) is 1. The Kier molecular flexibility index (Phi) is 7.02. The number of thioether (sulfide) groups is 1. The Morgan fingerprint density at radius 1 is 1.28 bits per heavy atom. The van der Waals surface area contributed by atoms with Gasteiger partial charge in [-0.05, 0) is 45.7 Å². The van der Waals surface area contributed by atoms with Gasteiger partial charge in [0.25, 0.3) is 0 Å². The van der Waals surface area contributed by atoms with Crippen LogP contribution in [-0.2, 0) is 9.53 Å². The third kappa shape index (κ3) is 6.78. The second kappa shape index (κ2) is 8.81. The van der Waals surface area contributed by atoms with Crippen LogP contribution in [0.15, 0.2) is 29.2 Å². The molecule has 1 aliphatic heterocycles. The van der Waals surface area contributed by atoms with Crippen molar-refractivity contribution in [1.29, 1.82) is 0 Å². The molecule has 0 bridgehead atoms. The summed E-state index contributed by atoms with van der Waals surface area (Å²) < 4.78 is 5.38. The number of nitrogens with zero attached hydrogens (tertiary/aromatic N) is 1. The topological polar surface area (TPSA) is 58.6 Å². The van der Waals surface area contributed by atoms with Gasteiger partial charge in [0.15, 0.2) is 0 Å². The first-order chi connectivity index (χ1) is 11.7. The molecule has 25 heavy (non-hydrogen) atoms.